The lowest BCUT2D eigenvalue weighted by atomic mass is 9.89. The fourth-order valence-corrected chi connectivity index (χ4v) is 5.15. The van der Waals surface area contributed by atoms with Gasteiger partial charge in [0.05, 0.1) is 0 Å². The van der Waals surface area contributed by atoms with Gasteiger partial charge >= 0.3 is 0 Å². The summed E-state index contributed by atoms with van der Waals surface area (Å²) in [6, 6.07) is 21.4. The topological polar surface area (TPSA) is 20.2 Å². The molecule has 0 saturated carbocycles. The lowest BCUT2D eigenvalue weighted by Crippen LogP contribution is -2.23. The van der Waals surface area contributed by atoms with Crippen LogP contribution in [0.4, 0.5) is 4.39 Å². The van der Waals surface area contributed by atoms with Crippen LogP contribution in [0.3, 0.4) is 0 Å². The van der Waals surface area contributed by atoms with Crippen LogP contribution in [0.5, 0.6) is 5.75 Å². The molecule has 1 nitrogen and oxygen atoms in total. The van der Waals surface area contributed by atoms with Crippen LogP contribution < -0.4 is 5.30 Å². The van der Waals surface area contributed by atoms with Crippen molar-refractivity contribution in [2.45, 2.75) is 38.8 Å². The second-order valence-electron chi connectivity index (χ2n) is 7.00. The Hall–Kier alpha value is -2.18. The number of phenolic OH excluding ortho intramolecular Hbond substituents is 1. The van der Waals surface area contributed by atoms with E-state index in [1.807, 2.05) is 43.3 Å². The van der Waals surface area contributed by atoms with Crippen molar-refractivity contribution in [1.29, 1.82) is 0 Å². The van der Waals surface area contributed by atoms with E-state index in [2.05, 4.69) is 32.0 Å². The van der Waals surface area contributed by atoms with Crippen molar-refractivity contribution in [3.8, 4) is 16.9 Å². The molecule has 0 aliphatic carbocycles. The number of phenols is 1. The van der Waals surface area contributed by atoms with Gasteiger partial charge in [-0.05, 0) is 54.7 Å². The first kappa shape index (κ1) is 19.6. The highest BCUT2D eigenvalue weighted by atomic mass is 31.1. The maximum atomic E-state index is 14.6. The second kappa shape index (κ2) is 8.23. The summed E-state index contributed by atoms with van der Waals surface area (Å²) in [7, 11) is 0.254. The average molecular weight is 380 g/mol. The van der Waals surface area contributed by atoms with Gasteiger partial charge in [0.2, 0.25) is 0 Å². The van der Waals surface area contributed by atoms with Crippen molar-refractivity contribution in [3.63, 3.8) is 0 Å². The number of aryl methyl sites for hydroxylation is 1. The zero-order valence-corrected chi connectivity index (χ0v) is 17.1. The smallest absolute Gasteiger partial charge is 0.130 e. The zero-order valence-electron chi connectivity index (χ0n) is 16.1. The van der Waals surface area contributed by atoms with E-state index >= 15 is 0 Å². The molecule has 3 aromatic rings. The molecule has 0 bridgehead atoms. The molecule has 140 valence electrons. The van der Waals surface area contributed by atoms with Crippen LogP contribution in [0.2, 0.25) is 0 Å². The van der Waals surface area contributed by atoms with Crippen LogP contribution in [0.15, 0.2) is 66.7 Å². The Morgan fingerprint density at radius 1 is 0.889 bits per heavy atom. The van der Waals surface area contributed by atoms with Gasteiger partial charge in [0.1, 0.15) is 11.6 Å². The zero-order chi connectivity index (χ0) is 19.4. The maximum Gasteiger partial charge on any atom is 0.130 e. The summed E-state index contributed by atoms with van der Waals surface area (Å²) in [5.41, 5.74) is 4.02. The van der Waals surface area contributed by atoms with Crippen LogP contribution in [0, 0.1) is 12.7 Å². The molecule has 0 aliphatic rings. The Labute approximate surface area is 163 Å². The summed E-state index contributed by atoms with van der Waals surface area (Å²) in [5.74, 6) is 0.136. The van der Waals surface area contributed by atoms with Gasteiger partial charge in [-0.2, -0.15) is 0 Å². The van der Waals surface area contributed by atoms with Crippen molar-refractivity contribution in [3.05, 3.63) is 83.7 Å². The predicted molar refractivity (Wildman–Crippen MR) is 115 cm³/mol. The van der Waals surface area contributed by atoms with E-state index in [0.717, 1.165) is 40.4 Å². The molecule has 0 fully saturated rings. The molecular weight excluding hydrogens is 354 g/mol. The van der Waals surface area contributed by atoms with Gasteiger partial charge in [0.15, 0.2) is 0 Å². The fourth-order valence-electron chi connectivity index (χ4n) is 3.58. The maximum absolute atomic E-state index is 14.6. The third-order valence-corrected chi connectivity index (χ3v) is 7.45. The highest BCUT2D eigenvalue weighted by Crippen LogP contribution is 2.50. The van der Waals surface area contributed by atoms with E-state index in [1.165, 1.54) is 0 Å². The molecule has 3 rings (SSSR count). The third-order valence-electron chi connectivity index (χ3n) is 5.32. The van der Waals surface area contributed by atoms with E-state index in [-0.39, 0.29) is 19.6 Å². The molecule has 0 aromatic heterocycles. The minimum atomic E-state index is -0.287. The standard InChI is InChI=1S/C24H26FOP/c1-4-24(5-2,27-23-14-11-17(3)15-21(23)25)20-16-19(12-13-22(20)26)18-9-7-6-8-10-18/h6-16,26-27H,4-5H2,1-3H3. The first-order valence-electron chi connectivity index (χ1n) is 9.42. The lowest BCUT2D eigenvalue weighted by molar-refractivity contribution is 0.448. The highest BCUT2D eigenvalue weighted by molar-refractivity contribution is 7.48. The molecule has 0 heterocycles. The number of hydrogen-bond donors (Lipinski definition) is 1. The molecule has 1 N–H and O–H groups in total. The minimum Gasteiger partial charge on any atom is -0.508 e. The van der Waals surface area contributed by atoms with Crippen LogP contribution >= 0.6 is 8.58 Å². The van der Waals surface area contributed by atoms with Crippen molar-refractivity contribution in [1.82, 2.24) is 0 Å². The van der Waals surface area contributed by atoms with E-state index in [1.54, 1.807) is 12.1 Å². The van der Waals surface area contributed by atoms with Gasteiger partial charge in [-0.3, -0.25) is 0 Å². The van der Waals surface area contributed by atoms with Gasteiger partial charge < -0.3 is 5.11 Å². The van der Waals surface area contributed by atoms with Crippen molar-refractivity contribution in [2.24, 2.45) is 0 Å². The van der Waals surface area contributed by atoms with Crippen molar-refractivity contribution >= 4 is 13.9 Å². The molecule has 0 spiro atoms. The molecule has 1 unspecified atom stereocenters. The lowest BCUT2D eigenvalue weighted by Gasteiger charge is -2.34. The number of halogens is 1. The summed E-state index contributed by atoms with van der Waals surface area (Å²) in [6.45, 7) is 6.15. The number of hydrogen-bond acceptors (Lipinski definition) is 1. The van der Waals surface area contributed by atoms with E-state index in [9.17, 15) is 9.50 Å². The molecule has 0 amide bonds. The Morgan fingerprint density at radius 3 is 2.22 bits per heavy atom. The number of rotatable bonds is 6. The normalized spacial score (nSPS) is 12.0. The van der Waals surface area contributed by atoms with Gasteiger partial charge in [0, 0.05) is 16.0 Å². The predicted octanol–water partition coefficient (Wildman–Crippen LogP) is 6.53. The molecular formula is C24H26FOP. The van der Waals surface area contributed by atoms with E-state index in [4.69, 9.17) is 0 Å². The Kier molecular flexibility index (Phi) is 5.97. The van der Waals surface area contributed by atoms with Crippen LogP contribution in [0.25, 0.3) is 11.1 Å². The molecule has 3 aromatic carbocycles. The Bertz CT molecular complexity index is 917. The number of aromatic hydroxyl groups is 1. The Balaban J connectivity index is 2.08. The first-order valence-corrected chi connectivity index (χ1v) is 10.4. The molecule has 0 saturated heterocycles. The quantitative estimate of drug-likeness (QED) is 0.482. The summed E-state index contributed by atoms with van der Waals surface area (Å²) < 4.78 is 14.6. The first-order chi connectivity index (χ1) is 13.0. The summed E-state index contributed by atoms with van der Waals surface area (Å²) in [6.07, 6.45) is 1.67. The van der Waals surface area contributed by atoms with E-state index < -0.39 is 0 Å². The molecule has 27 heavy (non-hydrogen) atoms. The molecule has 1 atom stereocenters. The molecule has 3 heteroatoms. The van der Waals surface area contributed by atoms with Gasteiger partial charge in [-0.15, -0.1) is 0 Å². The highest BCUT2D eigenvalue weighted by Gasteiger charge is 2.32. The molecule has 0 aliphatic heterocycles. The van der Waals surface area contributed by atoms with Crippen molar-refractivity contribution in [2.75, 3.05) is 0 Å². The average Bonchev–Trinajstić information content (AvgIpc) is 2.69. The van der Waals surface area contributed by atoms with E-state index in [0.29, 0.717) is 5.75 Å². The minimum absolute atomic E-state index is 0.154. The summed E-state index contributed by atoms with van der Waals surface area (Å²) in [4.78, 5) is 0. The Morgan fingerprint density at radius 2 is 1.59 bits per heavy atom. The second-order valence-corrected chi connectivity index (χ2v) is 8.74. The van der Waals surface area contributed by atoms with Crippen molar-refractivity contribution < 1.29 is 9.50 Å². The van der Waals surface area contributed by atoms with Gasteiger partial charge in [-0.1, -0.05) is 71.0 Å². The van der Waals surface area contributed by atoms with Crippen LogP contribution in [0.1, 0.15) is 37.8 Å². The third kappa shape index (κ3) is 4.06. The molecule has 0 radical (unpaired) electrons. The largest absolute Gasteiger partial charge is 0.508 e. The van der Waals surface area contributed by atoms with Gasteiger partial charge in [-0.25, -0.2) is 4.39 Å². The fraction of sp³-hybridized carbons (Fsp3) is 0.250. The van der Waals surface area contributed by atoms with Crippen LogP contribution in [-0.4, -0.2) is 5.11 Å². The van der Waals surface area contributed by atoms with Crippen LogP contribution in [-0.2, 0) is 5.16 Å². The summed E-state index contributed by atoms with van der Waals surface area (Å²) >= 11 is 0. The number of benzene rings is 3. The monoisotopic (exact) mass is 380 g/mol. The van der Waals surface area contributed by atoms with Gasteiger partial charge in [0.25, 0.3) is 0 Å². The SMILES string of the molecule is CCC(CC)(Pc1ccc(C)cc1F)c1cc(-c2ccccc2)ccc1O. The summed E-state index contributed by atoms with van der Waals surface area (Å²) in [5, 5.41) is 11.1.